The molecule has 0 saturated heterocycles. The van der Waals surface area contributed by atoms with Gasteiger partial charge in [-0.15, -0.1) is 0 Å². The van der Waals surface area contributed by atoms with Crippen LogP contribution in [0.2, 0.25) is 0 Å². The van der Waals surface area contributed by atoms with Crippen molar-refractivity contribution in [2.45, 2.75) is 283 Å². The van der Waals surface area contributed by atoms with E-state index in [9.17, 15) is 19.8 Å². The number of rotatable bonds is 43. The minimum Gasteiger partial charge on any atom is -0.462 e. The Bertz CT molecular complexity index is 761. The largest absolute Gasteiger partial charge is 0.462 e. The van der Waals surface area contributed by atoms with Gasteiger partial charge >= 0.3 is 5.97 Å². The van der Waals surface area contributed by atoms with E-state index in [4.69, 9.17) is 4.74 Å². The summed E-state index contributed by atoms with van der Waals surface area (Å²) in [5, 5.41) is 23.6. The predicted octanol–water partition coefficient (Wildman–Crippen LogP) is 13.6. The highest BCUT2D eigenvalue weighted by Gasteiger charge is 2.24. The second-order valence-electron chi connectivity index (χ2n) is 16.5. The van der Waals surface area contributed by atoms with Crippen molar-refractivity contribution in [1.82, 2.24) is 5.32 Å². The highest BCUT2D eigenvalue weighted by atomic mass is 16.5. The maximum atomic E-state index is 13.1. The molecule has 6 heteroatoms. The minimum atomic E-state index is -0.777. The van der Waals surface area contributed by atoms with Crippen LogP contribution in [0.4, 0.5) is 0 Å². The molecule has 0 spiro atoms. The molecule has 0 aliphatic carbocycles. The van der Waals surface area contributed by atoms with Crippen LogP contribution < -0.4 is 5.32 Å². The molecule has 0 aliphatic heterocycles. The van der Waals surface area contributed by atoms with E-state index in [2.05, 4.69) is 26.1 Å². The summed E-state index contributed by atoms with van der Waals surface area (Å²) in [5.74, 6) is -0.457. The molecule has 0 rings (SSSR count). The zero-order valence-electron chi connectivity index (χ0n) is 35.9. The highest BCUT2D eigenvalue weighted by Crippen LogP contribution is 2.18. The fraction of sp³-hybridized carbons (Fsp3) is 0.957. The lowest BCUT2D eigenvalue weighted by Crippen LogP contribution is -2.46. The Hall–Kier alpha value is -1.14. The van der Waals surface area contributed by atoms with Crippen LogP contribution in [-0.2, 0) is 14.3 Å². The maximum Gasteiger partial charge on any atom is 0.306 e. The average molecular weight is 752 g/mol. The van der Waals surface area contributed by atoms with Crippen LogP contribution in [0.5, 0.6) is 0 Å². The van der Waals surface area contributed by atoms with Crippen molar-refractivity contribution in [3.8, 4) is 0 Å². The number of unbranched alkanes of at least 4 members (excludes halogenated alkanes) is 31. The first-order valence-corrected chi connectivity index (χ1v) is 23.8. The van der Waals surface area contributed by atoms with Crippen LogP contribution in [0.3, 0.4) is 0 Å². The number of aliphatic hydroxyl groups excluding tert-OH is 2. The van der Waals surface area contributed by atoms with E-state index < -0.39 is 18.2 Å². The average Bonchev–Trinajstić information content (AvgIpc) is 3.15. The Morgan fingerprint density at radius 3 is 1.15 bits per heavy atom. The molecule has 6 nitrogen and oxygen atoms in total. The Labute approximate surface area is 330 Å². The van der Waals surface area contributed by atoms with Gasteiger partial charge in [-0.2, -0.15) is 0 Å². The minimum absolute atomic E-state index is 0.0870. The summed E-state index contributed by atoms with van der Waals surface area (Å²) >= 11 is 0. The monoisotopic (exact) mass is 752 g/mol. The number of aliphatic hydroxyl groups is 2. The standard InChI is InChI=1S/C47H93NO5/c1-4-7-10-13-16-19-22-25-26-29-32-35-38-43(53-47(52)40-37-34-31-28-24-21-18-15-12-9-6-3)41-46(51)48-44(42-49)45(50)39-36-33-30-27-23-20-17-14-11-8-5-2/h43-45,49-50H,4-42H2,1-3H3,(H,48,51). The summed E-state index contributed by atoms with van der Waals surface area (Å²) in [6.45, 7) is 6.48. The Morgan fingerprint density at radius 2 is 0.792 bits per heavy atom. The van der Waals surface area contributed by atoms with Crippen molar-refractivity contribution in [1.29, 1.82) is 0 Å². The van der Waals surface area contributed by atoms with Crippen LogP contribution in [0.25, 0.3) is 0 Å². The van der Waals surface area contributed by atoms with E-state index in [0.717, 1.165) is 44.9 Å². The SMILES string of the molecule is CCCCCCCCCCCCCCC(CC(=O)NC(CO)C(O)CCCCCCCCCCCCC)OC(=O)CCCCCCCCCCCCC. The van der Waals surface area contributed by atoms with Gasteiger partial charge in [0.2, 0.25) is 5.91 Å². The molecule has 0 aliphatic rings. The van der Waals surface area contributed by atoms with Gasteiger partial charge in [-0.3, -0.25) is 9.59 Å². The van der Waals surface area contributed by atoms with E-state index in [1.54, 1.807) is 0 Å². The van der Waals surface area contributed by atoms with Crippen molar-refractivity contribution in [3.63, 3.8) is 0 Å². The summed E-state index contributed by atoms with van der Waals surface area (Å²) in [6, 6.07) is -0.690. The number of amides is 1. The molecule has 3 N–H and O–H groups in total. The molecule has 53 heavy (non-hydrogen) atoms. The van der Waals surface area contributed by atoms with Gasteiger partial charge in [0, 0.05) is 6.42 Å². The molecule has 0 heterocycles. The lowest BCUT2D eigenvalue weighted by atomic mass is 10.0. The molecule has 3 unspecified atom stereocenters. The van der Waals surface area contributed by atoms with Crippen LogP contribution in [-0.4, -0.2) is 46.9 Å². The first-order valence-electron chi connectivity index (χ1n) is 23.8. The summed E-state index contributed by atoms with van der Waals surface area (Å²) in [5.41, 5.74) is 0. The maximum absolute atomic E-state index is 13.1. The first-order chi connectivity index (χ1) is 26.0. The van der Waals surface area contributed by atoms with Crippen LogP contribution in [0, 0.1) is 0 Å². The van der Waals surface area contributed by atoms with Crippen molar-refractivity contribution in [3.05, 3.63) is 0 Å². The van der Waals surface area contributed by atoms with Gasteiger partial charge < -0.3 is 20.3 Å². The van der Waals surface area contributed by atoms with Crippen LogP contribution in [0.1, 0.15) is 265 Å². The molecule has 3 atom stereocenters. The number of esters is 1. The zero-order chi connectivity index (χ0) is 38.9. The lowest BCUT2D eigenvalue weighted by Gasteiger charge is -2.24. The van der Waals surface area contributed by atoms with Crippen LogP contribution in [0.15, 0.2) is 0 Å². The number of carbonyl (C=O) groups is 2. The Morgan fingerprint density at radius 1 is 0.472 bits per heavy atom. The molecule has 0 aromatic carbocycles. The normalized spacial score (nSPS) is 13.2. The number of ether oxygens (including phenoxy) is 1. The fourth-order valence-corrected chi connectivity index (χ4v) is 7.55. The van der Waals surface area contributed by atoms with Crippen molar-refractivity contribution in [2.24, 2.45) is 0 Å². The van der Waals surface area contributed by atoms with Gasteiger partial charge in [-0.1, -0.05) is 226 Å². The quantitative estimate of drug-likeness (QED) is 0.0426. The van der Waals surface area contributed by atoms with Gasteiger partial charge in [-0.05, 0) is 25.7 Å². The topological polar surface area (TPSA) is 95.9 Å². The number of carbonyl (C=O) groups excluding carboxylic acids is 2. The fourth-order valence-electron chi connectivity index (χ4n) is 7.55. The van der Waals surface area contributed by atoms with Gasteiger partial charge in [0.25, 0.3) is 0 Å². The van der Waals surface area contributed by atoms with Gasteiger partial charge in [0.05, 0.1) is 25.2 Å². The molecule has 0 fully saturated rings. The Balaban J connectivity index is 4.54. The molecule has 0 aromatic rings. The third-order valence-corrected chi connectivity index (χ3v) is 11.2. The third-order valence-electron chi connectivity index (χ3n) is 11.2. The van der Waals surface area contributed by atoms with Crippen molar-refractivity contribution in [2.75, 3.05) is 6.61 Å². The summed E-state index contributed by atoms with van der Waals surface area (Å²) in [4.78, 5) is 26.0. The van der Waals surface area contributed by atoms with Crippen molar-refractivity contribution >= 4 is 11.9 Å². The van der Waals surface area contributed by atoms with Gasteiger partial charge in [0.1, 0.15) is 6.10 Å². The smallest absolute Gasteiger partial charge is 0.306 e. The van der Waals surface area contributed by atoms with E-state index in [1.807, 2.05) is 0 Å². The molecule has 0 radical (unpaired) electrons. The molecular weight excluding hydrogens is 659 g/mol. The first kappa shape index (κ1) is 51.9. The van der Waals surface area contributed by atoms with E-state index in [-0.39, 0.29) is 24.9 Å². The number of hydrogen-bond donors (Lipinski definition) is 3. The molecule has 0 bridgehead atoms. The van der Waals surface area contributed by atoms with Gasteiger partial charge in [0.15, 0.2) is 0 Å². The molecule has 0 saturated carbocycles. The Kier molecular flexibility index (Phi) is 41.1. The van der Waals surface area contributed by atoms with Gasteiger partial charge in [-0.25, -0.2) is 0 Å². The second-order valence-corrected chi connectivity index (χ2v) is 16.5. The number of hydrogen-bond acceptors (Lipinski definition) is 5. The zero-order valence-corrected chi connectivity index (χ0v) is 35.9. The highest BCUT2D eigenvalue weighted by molar-refractivity contribution is 5.77. The molecule has 316 valence electrons. The van der Waals surface area contributed by atoms with E-state index >= 15 is 0 Å². The van der Waals surface area contributed by atoms with E-state index in [1.165, 1.54) is 173 Å². The summed E-state index contributed by atoms with van der Waals surface area (Å²) in [7, 11) is 0. The molecule has 0 aromatic heterocycles. The summed E-state index contributed by atoms with van der Waals surface area (Å²) < 4.78 is 5.91. The third kappa shape index (κ3) is 37.6. The second kappa shape index (κ2) is 42.0. The molecular formula is C47H93NO5. The predicted molar refractivity (Wildman–Crippen MR) is 227 cm³/mol. The lowest BCUT2D eigenvalue weighted by molar-refractivity contribution is -0.151. The van der Waals surface area contributed by atoms with E-state index in [0.29, 0.717) is 19.3 Å². The number of nitrogens with one attached hydrogen (secondary N) is 1. The summed E-state index contributed by atoms with van der Waals surface area (Å²) in [6.07, 6.45) is 43.0. The van der Waals surface area contributed by atoms with Crippen molar-refractivity contribution < 1.29 is 24.5 Å². The van der Waals surface area contributed by atoms with Crippen LogP contribution >= 0.6 is 0 Å². The molecule has 1 amide bonds.